The highest BCUT2D eigenvalue weighted by Gasteiger charge is 2.40. The van der Waals surface area contributed by atoms with Gasteiger partial charge < -0.3 is 20.4 Å². The van der Waals surface area contributed by atoms with Gasteiger partial charge in [0, 0.05) is 31.6 Å². The first-order valence-electron chi connectivity index (χ1n) is 10.5. The zero-order valence-corrected chi connectivity index (χ0v) is 19.0. The highest BCUT2D eigenvalue weighted by atomic mass is 16.2. The van der Waals surface area contributed by atoms with E-state index in [1.807, 2.05) is 51.3 Å². The zero-order valence-electron chi connectivity index (χ0n) is 19.0. The molecule has 3 atom stereocenters. The van der Waals surface area contributed by atoms with Crippen molar-refractivity contribution in [3.8, 4) is 0 Å². The minimum Gasteiger partial charge on any atom is -0.342 e. The number of carbonyl (C=O) groups is 3. The molecule has 1 aliphatic rings. The molecule has 1 saturated heterocycles. The van der Waals surface area contributed by atoms with Gasteiger partial charge in [-0.15, -0.1) is 0 Å². The Morgan fingerprint density at radius 2 is 1.79 bits per heavy atom. The highest BCUT2D eigenvalue weighted by Crippen LogP contribution is 2.26. The standard InChI is InChI=1S/C21H40N4O3/c1-9-17(26)25(14(2)3)13-16-11-10-12-24(16)20(28)18(21(5,6)7)23-19(27)15(4)22-8/h14-16,18,22H,9-13H2,1-8H3,(H,23,27)/t15-,16-,18+/m0/s1. The van der Waals surface area contributed by atoms with Gasteiger partial charge in [-0.25, -0.2) is 0 Å². The second-order valence-electron chi connectivity index (χ2n) is 9.14. The van der Waals surface area contributed by atoms with E-state index in [0.29, 0.717) is 19.5 Å². The Kier molecular flexibility index (Phi) is 8.92. The number of likely N-dealkylation sites (N-methyl/N-ethyl adjacent to an activating group) is 1. The number of rotatable bonds is 8. The third-order valence-electron chi connectivity index (χ3n) is 5.54. The molecule has 0 spiro atoms. The first-order chi connectivity index (χ1) is 12.9. The number of hydrogen-bond donors (Lipinski definition) is 2. The summed E-state index contributed by atoms with van der Waals surface area (Å²) in [6.07, 6.45) is 2.26. The average molecular weight is 397 g/mol. The second kappa shape index (κ2) is 10.2. The lowest BCUT2D eigenvalue weighted by Crippen LogP contribution is -2.59. The Bertz CT molecular complexity index is 556. The molecule has 1 heterocycles. The molecule has 28 heavy (non-hydrogen) atoms. The quantitative estimate of drug-likeness (QED) is 0.655. The highest BCUT2D eigenvalue weighted by molar-refractivity contribution is 5.90. The lowest BCUT2D eigenvalue weighted by atomic mass is 9.85. The number of carbonyl (C=O) groups excluding carboxylic acids is 3. The summed E-state index contributed by atoms with van der Waals surface area (Å²) in [5.41, 5.74) is -0.412. The molecule has 1 rings (SSSR count). The van der Waals surface area contributed by atoms with Gasteiger partial charge in [0.15, 0.2) is 0 Å². The fourth-order valence-corrected chi connectivity index (χ4v) is 3.56. The van der Waals surface area contributed by atoms with E-state index < -0.39 is 11.5 Å². The van der Waals surface area contributed by atoms with Gasteiger partial charge in [0.2, 0.25) is 17.7 Å². The number of likely N-dealkylation sites (tertiary alicyclic amines) is 1. The van der Waals surface area contributed by atoms with Crippen molar-refractivity contribution in [3.05, 3.63) is 0 Å². The fourth-order valence-electron chi connectivity index (χ4n) is 3.56. The van der Waals surface area contributed by atoms with E-state index in [1.54, 1.807) is 14.0 Å². The Morgan fingerprint density at radius 1 is 1.18 bits per heavy atom. The van der Waals surface area contributed by atoms with Gasteiger partial charge in [0.05, 0.1) is 6.04 Å². The Balaban J connectivity index is 3.00. The number of amides is 3. The second-order valence-corrected chi connectivity index (χ2v) is 9.14. The largest absolute Gasteiger partial charge is 0.342 e. The predicted molar refractivity (Wildman–Crippen MR) is 112 cm³/mol. The molecule has 0 radical (unpaired) electrons. The van der Waals surface area contributed by atoms with E-state index in [9.17, 15) is 14.4 Å². The lowest BCUT2D eigenvalue weighted by molar-refractivity contribution is -0.142. The van der Waals surface area contributed by atoms with Gasteiger partial charge in [-0.3, -0.25) is 14.4 Å². The van der Waals surface area contributed by atoms with Crippen LogP contribution in [0.2, 0.25) is 0 Å². The van der Waals surface area contributed by atoms with Crippen LogP contribution in [-0.2, 0) is 14.4 Å². The van der Waals surface area contributed by atoms with E-state index in [-0.39, 0.29) is 35.8 Å². The van der Waals surface area contributed by atoms with Gasteiger partial charge in [0.25, 0.3) is 0 Å². The van der Waals surface area contributed by atoms with Crippen LogP contribution in [0, 0.1) is 5.41 Å². The maximum Gasteiger partial charge on any atom is 0.246 e. The zero-order chi connectivity index (χ0) is 21.6. The van der Waals surface area contributed by atoms with Gasteiger partial charge in [-0.1, -0.05) is 27.7 Å². The van der Waals surface area contributed by atoms with Crippen molar-refractivity contribution in [1.29, 1.82) is 0 Å². The SMILES string of the molecule is CCC(=O)N(C[C@@H]1CCCN1C(=O)[C@@H](NC(=O)[C@H](C)NC)C(C)(C)C)C(C)C. The summed E-state index contributed by atoms with van der Waals surface area (Å²) in [6.45, 7) is 14.8. The van der Waals surface area contributed by atoms with Crippen molar-refractivity contribution >= 4 is 17.7 Å². The molecule has 0 unspecified atom stereocenters. The van der Waals surface area contributed by atoms with Crippen LogP contribution in [0.5, 0.6) is 0 Å². The summed E-state index contributed by atoms with van der Waals surface area (Å²) >= 11 is 0. The van der Waals surface area contributed by atoms with E-state index in [4.69, 9.17) is 0 Å². The minimum absolute atomic E-state index is 0.00567. The Hall–Kier alpha value is -1.63. The summed E-state index contributed by atoms with van der Waals surface area (Å²) in [5, 5.41) is 5.86. The fraction of sp³-hybridized carbons (Fsp3) is 0.857. The number of nitrogens with one attached hydrogen (secondary N) is 2. The van der Waals surface area contributed by atoms with Crippen LogP contribution in [0.3, 0.4) is 0 Å². The maximum atomic E-state index is 13.4. The van der Waals surface area contributed by atoms with Crippen LogP contribution < -0.4 is 10.6 Å². The maximum absolute atomic E-state index is 13.4. The molecule has 0 bridgehead atoms. The van der Waals surface area contributed by atoms with Crippen LogP contribution in [-0.4, -0.2) is 71.8 Å². The van der Waals surface area contributed by atoms with Gasteiger partial charge in [0.1, 0.15) is 6.04 Å². The number of hydrogen-bond acceptors (Lipinski definition) is 4. The third-order valence-corrected chi connectivity index (χ3v) is 5.54. The van der Waals surface area contributed by atoms with Gasteiger partial charge >= 0.3 is 0 Å². The van der Waals surface area contributed by atoms with Gasteiger partial charge in [-0.05, 0) is 46.1 Å². The van der Waals surface area contributed by atoms with E-state index >= 15 is 0 Å². The molecule has 0 saturated carbocycles. The normalized spacial score (nSPS) is 19.5. The van der Waals surface area contributed by atoms with E-state index in [0.717, 1.165) is 12.8 Å². The van der Waals surface area contributed by atoms with Crippen LogP contribution in [0.4, 0.5) is 0 Å². The third kappa shape index (κ3) is 6.19. The van der Waals surface area contributed by atoms with Crippen LogP contribution in [0.15, 0.2) is 0 Å². The van der Waals surface area contributed by atoms with Crippen molar-refractivity contribution in [3.63, 3.8) is 0 Å². The van der Waals surface area contributed by atoms with Crippen LogP contribution in [0.1, 0.15) is 67.7 Å². The Morgan fingerprint density at radius 3 is 2.25 bits per heavy atom. The average Bonchev–Trinajstić information content (AvgIpc) is 3.09. The molecule has 162 valence electrons. The van der Waals surface area contributed by atoms with Gasteiger partial charge in [-0.2, -0.15) is 0 Å². The molecule has 0 aliphatic carbocycles. The molecule has 1 fully saturated rings. The van der Waals surface area contributed by atoms with Crippen LogP contribution >= 0.6 is 0 Å². The molecular weight excluding hydrogens is 356 g/mol. The Labute approximate surface area is 170 Å². The molecule has 0 aromatic carbocycles. The number of nitrogens with zero attached hydrogens (tertiary/aromatic N) is 2. The summed E-state index contributed by atoms with van der Waals surface area (Å²) < 4.78 is 0. The van der Waals surface area contributed by atoms with Crippen molar-refractivity contribution in [2.75, 3.05) is 20.1 Å². The summed E-state index contributed by atoms with van der Waals surface area (Å²) in [4.78, 5) is 41.9. The van der Waals surface area contributed by atoms with E-state index in [1.165, 1.54) is 0 Å². The molecule has 0 aromatic heterocycles. The molecular formula is C21H40N4O3. The van der Waals surface area contributed by atoms with Crippen molar-refractivity contribution in [2.24, 2.45) is 5.41 Å². The molecule has 7 heteroatoms. The lowest BCUT2D eigenvalue weighted by Gasteiger charge is -2.38. The predicted octanol–water partition coefficient (Wildman–Crippen LogP) is 1.76. The topological polar surface area (TPSA) is 81.8 Å². The molecule has 1 aliphatic heterocycles. The smallest absolute Gasteiger partial charge is 0.246 e. The van der Waals surface area contributed by atoms with Crippen molar-refractivity contribution in [1.82, 2.24) is 20.4 Å². The van der Waals surface area contributed by atoms with E-state index in [2.05, 4.69) is 10.6 Å². The summed E-state index contributed by atoms with van der Waals surface area (Å²) in [7, 11) is 1.72. The first-order valence-corrected chi connectivity index (χ1v) is 10.5. The summed E-state index contributed by atoms with van der Waals surface area (Å²) in [5.74, 6) is -0.131. The molecule has 0 aromatic rings. The summed E-state index contributed by atoms with van der Waals surface area (Å²) in [6, 6.07) is -0.884. The molecule has 7 nitrogen and oxygen atoms in total. The molecule has 3 amide bonds. The first kappa shape index (κ1) is 24.4. The minimum atomic E-state index is -0.606. The van der Waals surface area contributed by atoms with Crippen LogP contribution in [0.25, 0.3) is 0 Å². The van der Waals surface area contributed by atoms with Crippen molar-refractivity contribution < 1.29 is 14.4 Å². The van der Waals surface area contributed by atoms with Crippen molar-refractivity contribution in [2.45, 2.75) is 91.9 Å². The monoisotopic (exact) mass is 396 g/mol. The molecule has 2 N–H and O–H groups in total.